The average Bonchev–Trinajstić information content (AvgIpc) is 3.35. The molecule has 6 nitrogen and oxygen atoms in total. The quantitative estimate of drug-likeness (QED) is 0.273. The monoisotopic (exact) mass is 464 g/mol. The third-order valence-corrected chi connectivity index (χ3v) is 6.41. The number of aliphatic hydroxyl groups is 2. The van der Waals surface area contributed by atoms with Crippen LogP contribution in [0.15, 0.2) is 23.8 Å². The molecule has 0 saturated heterocycles. The van der Waals surface area contributed by atoms with Crippen LogP contribution in [0.4, 0.5) is 0 Å². The first-order chi connectivity index (χ1) is 17.2. The van der Waals surface area contributed by atoms with Gasteiger partial charge in [0, 0.05) is 24.2 Å². The van der Waals surface area contributed by atoms with E-state index < -0.39 is 43.0 Å². The van der Waals surface area contributed by atoms with Crippen LogP contribution in [0.2, 0.25) is 0 Å². The maximum atomic E-state index is 12.4. The summed E-state index contributed by atoms with van der Waals surface area (Å²) < 4.78 is 42.2. The van der Waals surface area contributed by atoms with Gasteiger partial charge in [0.05, 0.1) is 18.8 Å². The molecule has 0 heterocycles. The predicted octanol–water partition coefficient (Wildman–Crippen LogP) is 3.95. The molecule has 2 saturated carbocycles. The second-order valence-corrected chi connectivity index (χ2v) is 8.86. The van der Waals surface area contributed by atoms with E-state index >= 15 is 0 Å². The van der Waals surface area contributed by atoms with Crippen molar-refractivity contribution < 1.29 is 34.8 Å². The Morgan fingerprint density at radius 3 is 2.79 bits per heavy atom. The molecule has 2 aliphatic rings. The van der Waals surface area contributed by atoms with Gasteiger partial charge in [-0.05, 0) is 70.6 Å². The van der Waals surface area contributed by atoms with Crippen molar-refractivity contribution in [2.24, 2.45) is 23.7 Å². The van der Waals surface area contributed by atoms with E-state index in [-0.39, 0.29) is 36.7 Å². The number of esters is 2. The maximum Gasteiger partial charge on any atom is 0.347 e. The van der Waals surface area contributed by atoms with Gasteiger partial charge in [-0.25, -0.2) is 4.79 Å². The zero-order chi connectivity index (χ0) is 28.0. The lowest BCUT2D eigenvalue weighted by molar-refractivity contribution is -0.166. The van der Waals surface area contributed by atoms with E-state index in [4.69, 9.17) is 15.0 Å². The Morgan fingerprint density at radius 1 is 1.33 bits per heavy atom. The molecule has 33 heavy (non-hydrogen) atoms. The Balaban J connectivity index is 2.02. The molecule has 0 aromatic heterocycles. The van der Waals surface area contributed by atoms with Crippen LogP contribution in [0, 0.1) is 35.5 Å². The number of allylic oxidation sites excluding steroid dienone is 2. The highest BCUT2D eigenvalue weighted by molar-refractivity contribution is 5.78. The summed E-state index contributed by atoms with van der Waals surface area (Å²) in [6.45, 7) is 6.59. The Kier molecular flexibility index (Phi) is 8.81. The lowest BCUT2D eigenvalue weighted by atomic mass is 9.89. The zero-order valence-corrected chi connectivity index (χ0v) is 20.0. The minimum atomic E-state index is -2.98. The van der Waals surface area contributed by atoms with Crippen molar-refractivity contribution in [2.75, 3.05) is 6.61 Å². The molecule has 0 bridgehead atoms. The van der Waals surface area contributed by atoms with Crippen LogP contribution in [0.3, 0.4) is 0 Å². The van der Waals surface area contributed by atoms with Crippen molar-refractivity contribution in [1.82, 2.24) is 0 Å². The highest BCUT2D eigenvalue weighted by Crippen LogP contribution is 2.50. The molecule has 0 amide bonds. The van der Waals surface area contributed by atoms with Crippen LogP contribution >= 0.6 is 0 Å². The third-order valence-electron chi connectivity index (χ3n) is 6.41. The largest absolute Gasteiger partial charge is 0.463 e. The van der Waals surface area contributed by atoms with E-state index in [0.29, 0.717) is 25.7 Å². The lowest BCUT2D eigenvalue weighted by Gasteiger charge is -2.19. The third kappa shape index (κ3) is 8.32. The zero-order valence-electron chi connectivity index (χ0n) is 24.0. The van der Waals surface area contributed by atoms with Gasteiger partial charge in [-0.1, -0.05) is 30.7 Å². The fourth-order valence-electron chi connectivity index (χ4n) is 4.57. The Bertz CT molecular complexity index is 935. The summed E-state index contributed by atoms with van der Waals surface area (Å²) >= 11 is 0. The normalized spacial score (nSPS) is 30.8. The van der Waals surface area contributed by atoms with Gasteiger partial charge in [-0.2, -0.15) is 0 Å². The number of aliphatic hydroxyl groups excluding tert-OH is 2. The first-order valence-electron chi connectivity index (χ1n) is 13.7. The number of carbonyl (C=O) groups excluding carboxylic acids is 2. The van der Waals surface area contributed by atoms with Gasteiger partial charge >= 0.3 is 11.9 Å². The van der Waals surface area contributed by atoms with Gasteiger partial charge < -0.3 is 19.7 Å². The van der Waals surface area contributed by atoms with Crippen molar-refractivity contribution in [3.63, 3.8) is 0 Å². The second-order valence-electron chi connectivity index (χ2n) is 8.86. The van der Waals surface area contributed by atoms with E-state index in [1.807, 2.05) is 13.0 Å². The summed E-state index contributed by atoms with van der Waals surface area (Å²) in [5.74, 6) is 3.72. The topological polar surface area (TPSA) is 93.1 Å². The molecule has 0 aliphatic heterocycles. The van der Waals surface area contributed by atoms with Crippen molar-refractivity contribution >= 4 is 11.9 Å². The van der Waals surface area contributed by atoms with E-state index in [0.717, 1.165) is 5.57 Å². The molecule has 184 valence electrons. The molecule has 0 aromatic carbocycles. The van der Waals surface area contributed by atoms with Crippen molar-refractivity contribution in [3.05, 3.63) is 23.8 Å². The molecule has 2 rings (SSSR count). The molecule has 6 heteroatoms. The van der Waals surface area contributed by atoms with Crippen LogP contribution in [-0.2, 0) is 19.1 Å². The minimum absolute atomic E-state index is 0.0266. The molecule has 1 unspecified atom stereocenters. The second kappa shape index (κ2) is 13.6. The number of hydrogen-bond acceptors (Lipinski definition) is 6. The van der Waals surface area contributed by atoms with Crippen molar-refractivity contribution in [2.45, 2.75) is 90.9 Å². The SMILES string of the molecule is [2H]C([2H])(C/C=C1\C[C@H]2C[C@@H](O)[C@H](/C=C/[C@@H](O)C(C)CC#CC)[C@H]2C1)C([2H])([2H])C(=O)O[C@@H](C)C(=O)OCC. The smallest absolute Gasteiger partial charge is 0.347 e. The Hall–Kier alpha value is -2.10. The molecule has 2 N–H and O–H groups in total. The predicted molar refractivity (Wildman–Crippen MR) is 127 cm³/mol. The van der Waals surface area contributed by atoms with E-state index in [9.17, 15) is 19.8 Å². The van der Waals surface area contributed by atoms with E-state index in [2.05, 4.69) is 11.8 Å². The van der Waals surface area contributed by atoms with Crippen LogP contribution in [0.25, 0.3) is 0 Å². The molecule has 2 aliphatic carbocycles. The number of fused-ring (bicyclic) bond motifs is 1. The van der Waals surface area contributed by atoms with E-state index in [1.54, 1.807) is 26.0 Å². The lowest BCUT2D eigenvalue weighted by Crippen LogP contribution is -2.26. The number of hydrogen-bond donors (Lipinski definition) is 2. The standard InChI is InChI=1S/C27H40O6/c1-5-7-10-18(3)24(28)14-13-22-23-16-20(15-21(23)17-25(22)29)11-8-9-12-26(30)33-19(4)27(31)32-6-2/h11,13-14,18-19,21-25,28-29H,6,8-10,12,15-17H2,1-4H3/b14-13+,20-11+/t18?,19-,21-,22+,23-,24+,25+/m0/s1/i9D2,12D2. The summed E-state index contributed by atoms with van der Waals surface area (Å²) in [5, 5.41) is 21.0. The molecule has 7 atom stereocenters. The molecule has 0 spiro atoms. The van der Waals surface area contributed by atoms with Crippen LogP contribution < -0.4 is 0 Å². The van der Waals surface area contributed by atoms with Gasteiger partial charge in [0.25, 0.3) is 0 Å². The minimum Gasteiger partial charge on any atom is -0.463 e. The van der Waals surface area contributed by atoms with Crippen molar-refractivity contribution in [1.29, 1.82) is 0 Å². The van der Waals surface area contributed by atoms with Gasteiger partial charge in [-0.3, -0.25) is 4.79 Å². The maximum absolute atomic E-state index is 12.4. The van der Waals surface area contributed by atoms with Crippen LogP contribution in [-0.4, -0.2) is 47.1 Å². The Labute approximate surface area is 204 Å². The summed E-state index contributed by atoms with van der Waals surface area (Å²) in [6, 6.07) is 0. The Morgan fingerprint density at radius 2 is 2.09 bits per heavy atom. The average molecular weight is 465 g/mol. The van der Waals surface area contributed by atoms with E-state index in [1.165, 1.54) is 6.92 Å². The first kappa shape index (κ1) is 21.4. The number of ether oxygens (including phenoxy) is 2. The molecule has 0 radical (unpaired) electrons. The highest BCUT2D eigenvalue weighted by atomic mass is 16.6. The fraction of sp³-hybridized carbons (Fsp3) is 0.704. The van der Waals surface area contributed by atoms with Crippen LogP contribution in [0.5, 0.6) is 0 Å². The molecular formula is C27H40O6. The van der Waals surface area contributed by atoms with Gasteiger partial charge in [0.1, 0.15) is 0 Å². The van der Waals surface area contributed by atoms with Crippen molar-refractivity contribution in [3.8, 4) is 11.8 Å². The number of rotatable bonds is 11. The van der Waals surface area contributed by atoms with Gasteiger partial charge in [0.2, 0.25) is 0 Å². The van der Waals surface area contributed by atoms with Gasteiger partial charge in [0.15, 0.2) is 6.10 Å². The highest BCUT2D eigenvalue weighted by Gasteiger charge is 2.45. The number of carbonyl (C=O) groups is 2. The summed E-state index contributed by atoms with van der Waals surface area (Å²) in [5.41, 5.74) is 0.959. The van der Waals surface area contributed by atoms with Crippen LogP contribution in [0.1, 0.15) is 78.0 Å². The molecule has 2 fully saturated rings. The van der Waals surface area contributed by atoms with Gasteiger partial charge in [-0.15, -0.1) is 11.8 Å². The molecular weight excluding hydrogens is 420 g/mol. The molecule has 0 aromatic rings. The summed E-state index contributed by atoms with van der Waals surface area (Å²) in [4.78, 5) is 24.1. The summed E-state index contributed by atoms with van der Waals surface area (Å²) in [7, 11) is 0. The fourth-order valence-corrected chi connectivity index (χ4v) is 4.57. The summed E-state index contributed by atoms with van der Waals surface area (Å²) in [6.07, 6.45) is -0.647. The first-order valence-corrected chi connectivity index (χ1v) is 11.7.